The van der Waals surface area contributed by atoms with Crippen molar-refractivity contribution >= 4 is 28.9 Å². The summed E-state index contributed by atoms with van der Waals surface area (Å²) < 4.78 is 16.3. The number of aryl methyl sites for hydroxylation is 1. The van der Waals surface area contributed by atoms with E-state index >= 15 is 0 Å². The lowest BCUT2D eigenvalue weighted by molar-refractivity contribution is -0.121. The molecule has 0 atom stereocenters. The molecular formula is C25H25N3O5S. The van der Waals surface area contributed by atoms with Crippen LogP contribution in [0.4, 0.5) is 5.69 Å². The average molecular weight is 480 g/mol. The number of esters is 1. The molecule has 0 spiro atoms. The van der Waals surface area contributed by atoms with Crippen molar-refractivity contribution in [2.45, 2.75) is 26.9 Å². The van der Waals surface area contributed by atoms with Gasteiger partial charge in [-0.25, -0.2) is 9.78 Å². The number of aromatic nitrogens is 1. The Morgan fingerprint density at radius 1 is 1.06 bits per heavy atom. The normalized spacial score (nSPS) is 10.3. The largest absolute Gasteiger partial charge is 0.494 e. The molecule has 3 aromatic rings. The van der Waals surface area contributed by atoms with E-state index in [0.717, 1.165) is 10.7 Å². The zero-order valence-corrected chi connectivity index (χ0v) is 19.8. The lowest BCUT2D eigenvalue weighted by atomic mass is 10.2. The minimum atomic E-state index is -0.623. The molecule has 0 N–H and O–H groups in total. The zero-order chi connectivity index (χ0) is 24.3. The van der Waals surface area contributed by atoms with E-state index < -0.39 is 18.5 Å². The first-order valence-electron chi connectivity index (χ1n) is 10.7. The first-order chi connectivity index (χ1) is 16.5. The van der Waals surface area contributed by atoms with Crippen LogP contribution in [0.3, 0.4) is 0 Å². The Balaban J connectivity index is 1.55. The third kappa shape index (κ3) is 7.05. The highest BCUT2D eigenvalue weighted by Crippen LogP contribution is 2.21. The van der Waals surface area contributed by atoms with Crippen molar-refractivity contribution in [1.29, 1.82) is 5.26 Å². The van der Waals surface area contributed by atoms with E-state index in [1.165, 1.54) is 4.90 Å². The van der Waals surface area contributed by atoms with Crippen LogP contribution >= 0.6 is 11.3 Å². The van der Waals surface area contributed by atoms with Gasteiger partial charge in [0.2, 0.25) is 0 Å². The molecule has 1 aromatic heterocycles. The summed E-state index contributed by atoms with van der Waals surface area (Å²) in [6, 6.07) is 15.5. The van der Waals surface area contributed by atoms with E-state index in [-0.39, 0.29) is 13.0 Å². The van der Waals surface area contributed by atoms with E-state index in [0.29, 0.717) is 36.0 Å². The van der Waals surface area contributed by atoms with Crippen molar-refractivity contribution in [3.63, 3.8) is 0 Å². The Morgan fingerprint density at radius 3 is 2.35 bits per heavy atom. The van der Waals surface area contributed by atoms with Crippen LogP contribution in [0, 0.1) is 18.3 Å². The molecule has 3 rings (SSSR count). The number of ether oxygens (including phenoxy) is 3. The summed E-state index contributed by atoms with van der Waals surface area (Å²) in [5.41, 5.74) is 1.74. The van der Waals surface area contributed by atoms with Crippen molar-refractivity contribution in [1.82, 2.24) is 4.98 Å². The highest BCUT2D eigenvalue weighted by Gasteiger charge is 2.18. The molecule has 2 aromatic carbocycles. The Morgan fingerprint density at radius 2 is 1.74 bits per heavy atom. The van der Waals surface area contributed by atoms with Crippen LogP contribution in [-0.4, -0.2) is 36.6 Å². The minimum Gasteiger partial charge on any atom is -0.494 e. The Hall–Kier alpha value is -3.90. The van der Waals surface area contributed by atoms with E-state index in [9.17, 15) is 9.59 Å². The summed E-state index contributed by atoms with van der Waals surface area (Å²) in [5, 5.41) is 11.9. The van der Waals surface area contributed by atoms with Crippen LogP contribution in [0.5, 0.6) is 11.5 Å². The first kappa shape index (κ1) is 24.7. The van der Waals surface area contributed by atoms with Gasteiger partial charge in [0.05, 0.1) is 35.4 Å². The molecule has 0 bridgehead atoms. The predicted molar refractivity (Wildman–Crippen MR) is 128 cm³/mol. The molecular weight excluding hydrogens is 454 g/mol. The molecule has 0 aliphatic heterocycles. The number of anilines is 1. The Kier molecular flexibility index (Phi) is 9.00. The number of nitrogens with zero attached hydrogens (tertiary/aromatic N) is 3. The van der Waals surface area contributed by atoms with Gasteiger partial charge < -0.3 is 19.1 Å². The fourth-order valence-corrected chi connectivity index (χ4v) is 3.65. The van der Waals surface area contributed by atoms with E-state index in [1.807, 2.05) is 25.3 Å². The van der Waals surface area contributed by atoms with Gasteiger partial charge >= 0.3 is 5.97 Å². The fourth-order valence-electron chi connectivity index (χ4n) is 3.06. The first-order valence-corrected chi connectivity index (χ1v) is 11.6. The Labute approximate surface area is 202 Å². The number of benzene rings is 2. The Bertz CT molecular complexity index is 1140. The van der Waals surface area contributed by atoms with Crippen molar-refractivity contribution in [3.05, 3.63) is 70.2 Å². The van der Waals surface area contributed by atoms with Gasteiger partial charge in [0.1, 0.15) is 18.1 Å². The van der Waals surface area contributed by atoms with E-state index in [1.54, 1.807) is 59.9 Å². The summed E-state index contributed by atoms with van der Waals surface area (Å²) in [6.07, 6.45) is 0.148. The number of rotatable bonds is 11. The molecule has 176 valence electrons. The smallest absolute Gasteiger partial charge is 0.338 e. The van der Waals surface area contributed by atoms with Crippen LogP contribution in [0.2, 0.25) is 0 Å². The van der Waals surface area contributed by atoms with Gasteiger partial charge in [-0.2, -0.15) is 5.26 Å². The highest BCUT2D eigenvalue weighted by molar-refractivity contribution is 7.09. The topological polar surface area (TPSA) is 102 Å². The second-order valence-corrected chi connectivity index (χ2v) is 8.19. The van der Waals surface area contributed by atoms with Crippen LogP contribution in [0.15, 0.2) is 53.9 Å². The number of carbonyl (C=O) groups excluding carboxylic acids is 2. The molecule has 1 heterocycles. The maximum absolute atomic E-state index is 12.8. The number of amides is 1. The van der Waals surface area contributed by atoms with Crippen LogP contribution in [-0.2, 0) is 16.1 Å². The molecule has 0 fully saturated rings. The number of hydrogen-bond acceptors (Lipinski definition) is 8. The highest BCUT2D eigenvalue weighted by atomic mass is 32.1. The summed E-state index contributed by atoms with van der Waals surface area (Å²) in [5.74, 6) is 0.226. The average Bonchev–Trinajstić information content (AvgIpc) is 3.28. The van der Waals surface area contributed by atoms with Crippen LogP contribution < -0.4 is 14.4 Å². The summed E-state index contributed by atoms with van der Waals surface area (Å²) in [7, 11) is 0. The van der Waals surface area contributed by atoms with Gasteiger partial charge in [0, 0.05) is 17.6 Å². The molecule has 8 nitrogen and oxygen atoms in total. The van der Waals surface area contributed by atoms with E-state index in [2.05, 4.69) is 4.98 Å². The maximum Gasteiger partial charge on any atom is 0.338 e. The number of hydrogen-bond donors (Lipinski definition) is 0. The summed E-state index contributed by atoms with van der Waals surface area (Å²) in [6.45, 7) is 4.43. The van der Waals surface area contributed by atoms with Gasteiger partial charge in [0.15, 0.2) is 6.61 Å². The summed E-state index contributed by atoms with van der Waals surface area (Å²) >= 11 is 1.56. The number of carbonyl (C=O) groups is 2. The van der Waals surface area contributed by atoms with Gasteiger partial charge in [-0.3, -0.25) is 4.79 Å². The van der Waals surface area contributed by atoms with Gasteiger partial charge in [0.25, 0.3) is 5.91 Å². The molecule has 0 aliphatic carbocycles. The SMILES string of the molecule is CCOc1ccc(N(CCC#N)C(=O)COC(=O)c2ccc(OCc3csc(C)n3)cc2)cc1. The standard InChI is InChI=1S/C25H25N3O5S/c1-3-31-22-11-7-21(8-12-22)28(14-4-13-26)24(29)16-33-25(30)19-5-9-23(10-6-19)32-15-20-17-34-18(2)27-20/h5-12,17H,3-4,14-16H2,1-2H3. The molecule has 34 heavy (non-hydrogen) atoms. The van der Waals surface area contributed by atoms with Crippen molar-refractivity contribution < 1.29 is 23.8 Å². The third-order valence-corrected chi connectivity index (χ3v) is 5.50. The van der Waals surface area contributed by atoms with Crippen molar-refractivity contribution in [2.24, 2.45) is 0 Å². The monoisotopic (exact) mass is 479 g/mol. The quantitative estimate of drug-likeness (QED) is 0.372. The fraction of sp³-hybridized carbons (Fsp3) is 0.280. The number of nitriles is 1. The van der Waals surface area contributed by atoms with Crippen molar-refractivity contribution in [3.8, 4) is 17.6 Å². The molecule has 0 unspecified atom stereocenters. The minimum absolute atomic E-state index is 0.148. The lowest BCUT2D eigenvalue weighted by Crippen LogP contribution is -2.35. The van der Waals surface area contributed by atoms with Crippen LogP contribution in [0.25, 0.3) is 0 Å². The lowest BCUT2D eigenvalue weighted by Gasteiger charge is -2.22. The van der Waals surface area contributed by atoms with Gasteiger partial charge in [-0.15, -0.1) is 11.3 Å². The van der Waals surface area contributed by atoms with Gasteiger partial charge in [-0.1, -0.05) is 0 Å². The van der Waals surface area contributed by atoms with Gasteiger partial charge in [-0.05, 0) is 62.4 Å². The second kappa shape index (κ2) is 12.4. The van der Waals surface area contributed by atoms with E-state index in [4.69, 9.17) is 19.5 Å². The molecule has 9 heteroatoms. The summed E-state index contributed by atoms with van der Waals surface area (Å²) in [4.78, 5) is 30.9. The zero-order valence-electron chi connectivity index (χ0n) is 19.0. The number of thiazole rings is 1. The third-order valence-electron chi connectivity index (χ3n) is 4.68. The predicted octanol–water partition coefficient (Wildman–Crippen LogP) is 4.53. The molecule has 0 radical (unpaired) electrons. The van der Waals surface area contributed by atoms with Crippen molar-refractivity contribution in [2.75, 3.05) is 24.7 Å². The molecule has 0 saturated carbocycles. The molecule has 1 amide bonds. The maximum atomic E-state index is 12.8. The molecule has 0 aliphatic rings. The molecule has 0 saturated heterocycles. The van der Waals surface area contributed by atoms with Crippen LogP contribution in [0.1, 0.15) is 34.4 Å². The second-order valence-electron chi connectivity index (χ2n) is 7.13.